The van der Waals surface area contributed by atoms with Crippen molar-refractivity contribution in [2.75, 3.05) is 18.0 Å². The number of nitrogens with zero attached hydrogens (tertiary/aromatic N) is 2. The van der Waals surface area contributed by atoms with E-state index in [0.717, 1.165) is 9.80 Å². The molecular weight excluding hydrogens is 342 g/mol. The summed E-state index contributed by atoms with van der Waals surface area (Å²) in [6.07, 6.45) is 2.07. The molecule has 9 heteroatoms. The molecule has 5 amide bonds. The van der Waals surface area contributed by atoms with Crippen LogP contribution in [0.15, 0.2) is 47.3 Å². The average molecular weight is 357 g/mol. The number of para-hydroxylation sites is 1. The van der Waals surface area contributed by atoms with E-state index >= 15 is 0 Å². The van der Waals surface area contributed by atoms with Crippen molar-refractivity contribution in [3.8, 4) is 0 Å². The molecule has 3 rings (SSSR count). The van der Waals surface area contributed by atoms with Crippen LogP contribution in [-0.2, 0) is 11.2 Å². The first-order valence-corrected chi connectivity index (χ1v) is 7.74. The molecule has 9 nitrogen and oxygen atoms in total. The third-order valence-corrected chi connectivity index (χ3v) is 3.82. The number of carbonyl (C=O) groups is 4. The summed E-state index contributed by atoms with van der Waals surface area (Å²) in [5.41, 5.74) is 0.471. The number of furan rings is 1. The summed E-state index contributed by atoms with van der Waals surface area (Å²) in [5, 5.41) is 11.6. The monoisotopic (exact) mass is 357 g/mol. The summed E-state index contributed by atoms with van der Waals surface area (Å²) in [6, 6.07) is 6.06. The summed E-state index contributed by atoms with van der Waals surface area (Å²) in [4.78, 5) is 50.5. The molecule has 2 N–H and O–H groups in total. The standard InChI is InChI=1S/C17H15N3O6/c21-14(22)9-11-3-1-2-4-13(11)20(15(23)12-5-8-26-10-12)17(25)19-7-6-18-16(19)24/h1-5,8,10H,6-7,9H2,(H,18,24)(H,21,22). The second-order valence-corrected chi connectivity index (χ2v) is 5.52. The van der Waals surface area contributed by atoms with Crippen molar-refractivity contribution in [3.05, 3.63) is 54.0 Å². The highest BCUT2D eigenvalue weighted by Crippen LogP contribution is 2.25. The van der Waals surface area contributed by atoms with E-state index < -0.39 is 23.9 Å². The number of carbonyl (C=O) groups excluding carboxylic acids is 3. The highest BCUT2D eigenvalue weighted by molar-refractivity contribution is 6.23. The molecule has 1 aromatic heterocycles. The largest absolute Gasteiger partial charge is 0.481 e. The number of imide groups is 2. The molecule has 1 fully saturated rings. The van der Waals surface area contributed by atoms with Gasteiger partial charge in [-0.2, -0.15) is 0 Å². The van der Waals surface area contributed by atoms with E-state index in [1.165, 1.54) is 30.7 Å². The number of hydrogen-bond donors (Lipinski definition) is 2. The lowest BCUT2D eigenvalue weighted by Gasteiger charge is -2.26. The average Bonchev–Trinajstić information content (AvgIpc) is 3.27. The molecule has 26 heavy (non-hydrogen) atoms. The van der Waals surface area contributed by atoms with Gasteiger partial charge in [0.1, 0.15) is 6.26 Å². The predicted octanol–water partition coefficient (Wildman–Crippen LogP) is 1.70. The lowest BCUT2D eigenvalue weighted by Crippen LogP contribution is -2.48. The first kappa shape index (κ1) is 17.2. The van der Waals surface area contributed by atoms with Gasteiger partial charge in [-0.05, 0) is 17.7 Å². The maximum Gasteiger partial charge on any atom is 0.339 e. The van der Waals surface area contributed by atoms with E-state index in [-0.39, 0.29) is 36.3 Å². The molecule has 0 saturated carbocycles. The molecule has 0 unspecified atom stereocenters. The van der Waals surface area contributed by atoms with Crippen molar-refractivity contribution in [2.24, 2.45) is 0 Å². The van der Waals surface area contributed by atoms with E-state index in [9.17, 15) is 19.2 Å². The van der Waals surface area contributed by atoms with E-state index in [4.69, 9.17) is 9.52 Å². The fourth-order valence-corrected chi connectivity index (χ4v) is 2.63. The Kier molecular flexibility index (Phi) is 4.70. The molecule has 1 aromatic carbocycles. The van der Waals surface area contributed by atoms with Crippen molar-refractivity contribution in [3.63, 3.8) is 0 Å². The lowest BCUT2D eigenvalue weighted by atomic mass is 10.1. The zero-order chi connectivity index (χ0) is 18.7. The Morgan fingerprint density at radius 3 is 2.62 bits per heavy atom. The topological polar surface area (TPSA) is 120 Å². The zero-order valence-electron chi connectivity index (χ0n) is 13.5. The molecule has 0 radical (unpaired) electrons. The fourth-order valence-electron chi connectivity index (χ4n) is 2.63. The van der Waals surface area contributed by atoms with Crippen LogP contribution in [0.1, 0.15) is 15.9 Å². The minimum atomic E-state index is -1.11. The number of urea groups is 2. The molecule has 1 aliphatic rings. The minimum absolute atomic E-state index is 0.100. The number of rotatable bonds is 4. The fraction of sp³-hybridized carbons (Fsp3) is 0.176. The van der Waals surface area contributed by atoms with E-state index in [2.05, 4.69) is 5.32 Å². The molecule has 0 aliphatic carbocycles. The summed E-state index contributed by atoms with van der Waals surface area (Å²) in [5.74, 6) is -1.83. The quantitative estimate of drug-likeness (QED) is 0.859. The Labute approximate surface area is 147 Å². The van der Waals surface area contributed by atoms with Crippen LogP contribution in [0, 0.1) is 0 Å². The van der Waals surface area contributed by atoms with Gasteiger partial charge in [0.2, 0.25) is 0 Å². The molecule has 0 spiro atoms. The van der Waals surface area contributed by atoms with E-state index in [0.29, 0.717) is 0 Å². The number of anilines is 1. The Bertz CT molecular complexity index is 861. The summed E-state index contributed by atoms with van der Waals surface area (Å²) >= 11 is 0. The van der Waals surface area contributed by atoms with Gasteiger partial charge in [0.05, 0.1) is 23.9 Å². The van der Waals surface area contributed by atoms with E-state index in [1.807, 2.05) is 0 Å². The maximum absolute atomic E-state index is 12.9. The molecule has 0 atom stereocenters. The molecule has 1 aliphatic heterocycles. The van der Waals surface area contributed by atoms with Gasteiger partial charge in [-0.15, -0.1) is 0 Å². The van der Waals surface area contributed by atoms with Crippen molar-refractivity contribution in [1.82, 2.24) is 10.2 Å². The Hall–Kier alpha value is -3.62. The van der Waals surface area contributed by atoms with Crippen LogP contribution in [0.4, 0.5) is 15.3 Å². The second kappa shape index (κ2) is 7.09. The Balaban J connectivity index is 2.06. The van der Waals surface area contributed by atoms with Gasteiger partial charge in [-0.25, -0.2) is 19.4 Å². The van der Waals surface area contributed by atoms with Crippen LogP contribution in [0.2, 0.25) is 0 Å². The first-order chi connectivity index (χ1) is 12.5. The van der Waals surface area contributed by atoms with Crippen LogP contribution >= 0.6 is 0 Å². The van der Waals surface area contributed by atoms with Crippen LogP contribution < -0.4 is 10.2 Å². The van der Waals surface area contributed by atoms with Gasteiger partial charge in [0.15, 0.2) is 0 Å². The minimum Gasteiger partial charge on any atom is -0.481 e. The third-order valence-electron chi connectivity index (χ3n) is 3.82. The van der Waals surface area contributed by atoms with Gasteiger partial charge >= 0.3 is 18.0 Å². The summed E-state index contributed by atoms with van der Waals surface area (Å²) < 4.78 is 4.90. The molecule has 1 saturated heterocycles. The van der Waals surface area contributed by atoms with Gasteiger partial charge in [0.25, 0.3) is 5.91 Å². The van der Waals surface area contributed by atoms with Crippen LogP contribution in [0.5, 0.6) is 0 Å². The third kappa shape index (κ3) is 3.27. The number of carboxylic acid groups (broad SMARTS) is 1. The van der Waals surface area contributed by atoms with E-state index in [1.54, 1.807) is 12.1 Å². The van der Waals surface area contributed by atoms with Crippen molar-refractivity contribution < 1.29 is 28.7 Å². The van der Waals surface area contributed by atoms with Crippen LogP contribution in [0.25, 0.3) is 0 Å². The van der Waals surface area contributed by atoms with Crippen LogP contribution in [0.3, 0.4) is 0 Å². The predicted molar refractivity (Wildman–Crippen MR) is 88.8 cm³/mol. The molecule has 134 valence electrons. The normalized spacial score (nSPS) is 13.4. The molecule has 2 heterocycles. The molecule has 2 aromatic rings. The second-order valence-electron chi connectivity index (χ2n) is 5.52. The van der Waals surface area contributed by atoms with Crippen molar-refractivity contribution >= 4 is 29.6 Å². The number of benzene rings is 1. The maximum atomic E-state index is 12.9. The summed E-state index contributed by atoms with van der Waals surface area (Å²) in [7, 11) is 0. The van der Waals surface area contributed by atoms with Crippen molar-refractivity contribution in [1.29, 1.82) is 0 Å². The number of aliphatic carboxylic acids is 1. The number of hydrogen-bond acceptors (Lipinski definition) is 5. The first-order valence-electron chi connectivity index (χ1n) is 7.74. The lowest BCUT2D eigenvalue weighted by molar-refractivity contribution is -0.136. The highest BCUT2D eigenvalue weighted by Gasteiger charge is 2.36. The Morgan fingerprint density at radius 2 is 2.00 bits per heavy atom. The molecule has 0 bridgehead atoms. The van der Waals surface area contributed by atoms with Crippen molar-refractivity contribution in [2.45, 2.75) is 6.42 Å². The van der Waals surface area contributed by atoms with Crippen LogP contribution in [-0.4, -0.2) is 47.0 Å². The van der Waals surface area contributed by atoms with Gasteiger partial charge in [-0.1, -0.05) is 18.2 Å². The summed E-state index contributed by atoms with van der Waals surface area (Å²) in [6.45, 7) is 0.378. The highest BCUT2D eigenvalue weighted by atomic mass is 16.4. The molecular formula is C17H15N3O6. The number of amides is 5. The van der Waals surface area contributed by atoms with Gasteiger partial charge in [0, 0.05) is 13.1 Å². The smallest absolute Gasteiger partial charge is 0.339 e. The van der Waals surface area contributed by atoms with Gasteiger partial charge < -0.3 is 14.8 Å². The van der Waals surface area contributed by atoms with Gasteiger partial charge in [-0.3, -0.25) is 9.59 Å². The zero-order valence-corrected chi connectivity index (χ0v) is 13.5. The number of carboxylic acids is 1. The number of nitrogens with one attached hydrogen (secondary N) is 1. The Morgan fingerprint density at radius 1 is 1.23 bits per heavy atom. The SMILES string of the molecule is O=C(O)Cc1ccccc1N(C(=O)c1ccoc1)C(=O)N1CCNC1=O.